The minimum absolute atomic E-state index is 0. The molecule has 1 atom stereocenters. The van der Waals surface area contributed by atoms with E-state index in [1.165, 1.54) is 44.5 Å². The first-order valence-corrected chi connectivity index (χ1v) is 17.6. The van der Waals surface area contributed by atoms with E-state index in [0.717, 1.165) is 6.42 Å². The van der Waals surface area contributed by atoms with Crippen molar-refractivity contribution in [3.05, 3.63) is 103 Å². The fraction of sp³-hybridized carbons (Fsp3) is 0.343. The predicted molar refractivity (Wildman–Crippen MR) is 155 cm³/mol. The van der Waals surface area contributed by atoms with Crippen LogP contribution < -0.4 is 28.1 Å². The third-order valence-electron chi connectivity index (χ3n) is 8.14. The summed E-state index contributed by atoms with van der Waals surface area (Å²) in [5.41, 5.74) is 13.4. The van der Waals surface area contributed by atoms with Crippen molar-refractivity contribution >= 4 is 13.1 Å². The van der Waals surface area contributed by atoms with Gasteiger partial charge in [0.2, 0.25) is 0 Å². The van der Waals surface area contributed by atoms with Gasteiger partial charge in [-0.1, -0.05) is 0 Å². The summed E-state index contributed by atoms with van der Waals surface area (Å²) < 4.78 is 8.42. The van der Waals surface area contributed by atoms with Crippen molar-refractivity contribution < 1.29 is 46.1 Å². The zero-order valence-corrected chi connectivity index (χ0v) is 28.1. The average Bonchev–Trinajstić information content (AvgIpc) is 3.33. The van der Waals surface area contributed by atoms with Gasteiger partial charge in [0.25, 0.3) is 0 Å². The van der Waals surface area contributed by atoms with Gasteiger partial charge in [-0.3, -0.25) is 0 Å². The molecular formula is C35H40Cl2Zr. The number of hydrogen-bond acceptors (Lipinski definition) is 0. The second-order valence-electron chi connectivity index (χ2n) is 12.8. The van der Waals surface area contributed by atoms with Crippen LogP contribution in [0.3, 0.4) is 0 Å². The molecule has 0 spiro atoms. The molecule has 0 N–H and O–H groups in total. The zero-order chi connectivity index (χ0) is 26.0. The number of rotatable bonds is 3. The average molecular weight is 623 g/mol. The molecule has 0 saturated carbocycles. The second-order valence-corrected chi connectivity index (χ2v) is 17.7. The summed E-state index contributed by atoms with van der Waals surface area (Å²) >= 11 is -2.42. The molecular weight excluding hydrogens is 583 g/mol. The topological polar surface area (TPSA) is 0 Å². The maximum Gasteiger partial charge on any atom is -1.00 e. The normalized spacial score (nSPS) is 16.1. The van der Waals surface area contributed by atoms with Gasteiger partial charge in [0.05, 0.1) is 0 Å². The molecule has 2 aliphatic carbocycles. The Morgan fingerprint density at radius 1 is 0.816 bits per heavy atom. The van der Waals surface area contributed by atoms with E-state index in [2.05, 4.69) is 122 Å². The number of benzene rings is 3. The zero-order valence-electron chi connectivity index (χ0n) is 24.1. The molecule has 5 rings (SSSR count). The summed E-state index contributed by atoms with van der Waals surface area (Å²) in [7, 11) is 0. The molecule has 0 radical (unpaired) electrons. The van der Waals surface area contributed by atoms with E-state index in [1.54, 1.807) is 12.1 Å². The Kier molecular flexibility index (Phi) is 9.10. The van der Waals surface area contributed by atoms with Gasteiger partial charge in [-0.25, -0.2) is 0 Å². The first-order valence-electron chi connectivity index (χ1n) is 13.4. The molecule has 0 bridgehead atoms. The minimum Gasteiger partial charge on any atom is -1.00 e. The van der Waals surface area contributed by atoms with Gasteiger partial charge < -0.3 is 24.8 Å². The van der Waals surface area contributed by atoms with E-state index in [9.17, 15) is 0 Å². The van der Waals surface area contributed by atoms with E-state index in [4.69, 9.17) is 4.21 Å². The Balaban J connectivity index is 0.00000200. The Labute approximate surface area is 250 Å². The Hall–Kier alpha value is -1.53. The van der Waals surface area contributed by atoms with E-state index in [-0.39, 0.29) is 35.6 Å². The molecule has 0 aromatic heterocycles. The van der Waals surface area contributed by atoms with E-state index >= 15 is 0 Å². The van der Waals surface area contributed by atoms with Crippen molar-refractivity contribution in [1.29, 1.82) is 0 Å². The van der Waals surface area contributed by atoms with Gasteiger partial charge in [-0.05, 0) is 0 Å². The summed E-state index contributed by atoms with van der Waals surface area (Å²) in [6, 6.07) is 23.0. The van der Waals surface area contributed by atoms with Crippen molar-refractivity contribution in [2.45, 2.75) is 72.6 Å². The number of hydrogen-bond donors (Lipinski definition) is 0. The molecule has 3 heteroatoms. The molecule has 0 fully saturated rings. The summed E-state index contributed by atoms with van der Waals surface area (Å²) in [6.07, 6.45) is 3.54. The molecule has 0 saturated heterocycles. The SMILES string of the molecule is [CH2]=[Zr+2]([C]1=C(C)C(c2ccccc2)=CC1C)[c]1c(C(C)(C)C)ccc2c1Cc1cc(C(C)(C)C)ccc1-2.[Cl-].[Cl-]. The summed E-state index contributed by atoms with van der Waals surface area (Å²) in [6.45, 7) is 18.8. The molecule has 1 unspecified atom stereocenters. The first kappa shape index (κ1) is 31.0. The summed E-state index contributed by atoms with van der Waals surface area (Å²) in [5, 5.41) is 0. The van der Waals surface area contributed by atoms with Crippen LogP contribution in [0.1, 0.15) is 83.2 Å². The monoisotopic (exact) mass is 620 g/mol. The van der Waals surface area contributed by atoms with Gasteiger partial charge in [0.15, 0.2) is 0 Å². The molecule has 0 heterocycles. The van der Waals surface area contributed by atoms with Crippen molar-refractivity contribution in [2.24, 2.45) is 5.92 Å². The maximum absolute atomic E-state index is 5.10. The van der Waals surface area contributed by atoms with Crippen LogP contribution in [-0.4, -0.2) is 4.21 Å². The number of halogens is 2. The van der Waals surface area contributed by atoms with Gasteiger partial charge in [0, 0.05) is 0 Å². The van der Waals surface area contributed by atoms with Crippen LogP contribution in [0.5, 0.6) is 0 Å². The molecule has 0 nitrogen and oxygen atoms in total. The Morgan fingerprint density at radius 2 is 1.45 bits per heavy atom. The summed E-state index contributed by atoms with van der Waals surface area (Å²) in [4.78, 5) is 0. The fourth-order valence-electron chi connectivity index (χ4n) is 6.22. The third-order valence-corrected chi connectivity index (χ3v) is 14.7. The van der Waals surface area contributed by atoms with E-state index < -0.39 is 21.3 Å². The Bertz CT molecular complexity index is 1440. The van der Waals surface area contributed by atoms with Crippen molar-refractivity contribution in [3.63, 3.8) is 0 Å². The minimum atomic E-state index is -2.42. The van der Waals surface area contributed by atoms with Crippen molar-refractivity contribution in [2.75, 3.05) is 0 Å². The van der Waals surface area contributed by atoms with Crippen LogP contribution in [0.15, 0.2) is 75.6 Å². The van der Waals surface area contributed by atoms with Crippen LogP contribution in [0, 0.1) is 5.92 Å². The van der Waals surface area contributed by atoms with Crippen LogP contribution in [0.2, 0.25) is 0 Å². The second kappa shape index (κ2) is 11.2. The van der Waals surface area contributed by atoms with E-state index in [1.807, 2.05) is 0 Å². The maximum atomic E-state index is 5.10. The largest absolute Gasteiger partial charge is 1.00 e. The van der Waals surface area contributed by atoms with Gasteiger partial charge in [-0.15, -0.1) is 0 Å². The van der Waals surface area contributed by atoms with Crippen LogP contribution in [0.25, 0.3) is 16.7 Å². The molecule has 0 amide bonds. The smallest absolute Gasteiger partial charge is 1.00 e. The Morgan fingerprint density at radius 3 is 2.05 bits per heavy atom. The van der Waals surface area contributed by atoms with Crippen LogP contribution >= 0.6 is 0 Å². The van der Waals surface area contributed by atoms with E-state index in [0.29, 0.717) is 5.92 Å². The van der Waals surface area contributed by atoms with Crippen molar-refractivity contribution in [3.8, 4) is 11.1 Å². The quantitative estimate of drug-likeness (QED) is 0.330. The number of fused-ring (bicyclic) bond motifs is 3. The fourth-order valence-corrected chi connectivity index (χ4v) is 13.3. The summed E-state index contributed by atoms with van der Waals surface area (Å²) in [5.74, 6) is 0.465. The number of allylic oxidation sites excluding steroid dienone is 4. The van der Waals surface area contributed by atoms with Crippen LogP contribution in [-0.2, 0) is 38.5 Å². The van der Waals surface area contributed by atoms with Gasteiger partial charge in [-0.2, -0.15) is 0 Å². The molecule has 3 aromatic carbocycles. The van der Waals surface area contributed by atoms with Gasteiger partial charge >= 0.3 is 227 Å². The molecule has 3 aromatic rings. The molecule has 2 aliphatic rings. The molecule has 198 valence electrons. The van der Waals surface area contributed by atoms with Crippen molar-refractivity contribution in [1.82, 2.24) is 0 Å². The predicted octanol–water partition coefficient (Wildman–Crippen LogP) is 2.54. The molecule has 38 heavy (non-hydrogen) atoms. The molecule has 0 aliphatic heterocycles. The van der Waals surface area contributed by atoms with Gasteiger partial charge in [0.1, 0.15) is 0 Å². The first-order chi connectivity index (χ1) is 16.9. The third kappa shape index (κ3) is 5.41. The van der Waals surface area contributed by atoms with Crippen LogP contribution in [0.4, 0.5) is 0 Å². The standard InChI is InChI=1S/C21H25.C13H13.CH2.2ClH.Zr/c1-20(2,3)16-7-9-18-14(12-16)11-15-13-17(21(4,5)6)8-10-19(15)18;1-10-8-11(2)13(9-10)12-6-4-3-5-7-12;;;;/h7-10,12H,11H2,1-6H3;3-7,9-10H,1-2H3;1H2;2*1H;/q;;;;;+2/p-2.